The van der Waals surface area contributed by atoms with Crippen molar-refractivity contribution in [3.8, 4) is 0 Å². The number of guanidine groups is 1. The molecule has 5 nitrogen and oxygen atoms in total. The zero-order valence-electron chi connectivity index (χ0n) is 13.5. The normalized spacial score (nSPS) is 17.6. The Labute approximate surface area is 155 Å². The van der Waals surface area contributed by atoms with Gasteiger partial charge in [-0.2, -0.15) is 0 Å². The fourth-order valence-electron chi connectivity index (χ4n) is 2.46. The zero-order chi connectivity index (χ0) is 14.9. The lowest BCUT2D eigenvalue weighted by Gasteiger charge is -2.21. The number of hydrogen-bond acceptors (Lipinski definition) is 4. The smallest absolute Gasteiger partial charge is 0.191 e. The third kappa shape index (κ3) is 7.26. The molecule has 126 valence electrons. The number of thiophene rings is 1. The number of aliphatic imine (C=N–C) groups is 1. The van der Waals surface area contributed by atoms with Gasteiger partial charge in [-0.05, 0) is 38.0 Å². The van der Waals surface area contributed by atoms with Crippen molar-refractivity contribution in [3.05, 3.63) is 22.4 Å². The van der Waals surface area contributed by atoms with Gasteiger partial charge in [0.2, 0.25) is 0 Å². The molecule has 1 aromatic heterocycles. The lowest BCUT2D eigenvalue weighted by molar-refractivity contribution is 0.280. The van der Waals surface area contributed by atoms with Gasteiger partial charge in [-0.25, -0.2) is 0 Å². The van der Waals surface area contributed by atoms with Crippen molar-refractivity contribution in [1.82, 2.24) is 20.4 Å². The molecule has 1 aliphatic heterocycles. The van der Waals surface area contributed by atoms with E-state index in [1.165, 1.54) is 37.5 Å². The second-order valence-corrected chi connectivity index (χ2v) is 6.46. The van der Waals surface area contributed by atoms with E-state index in [0.717, 1.165) is 25.6 Å². The van der Waals surface area contributed by atoms with Gasteiger partial charge in [0.25, 0.3) is 0 Å². The fourth-order valence-corrected chi connectivity index (χ4v) is 3.11. The Morgan fingerprint density at radius 2 is 2.14 bits per heavy atom. The third-order valence-electron chi connectivity index (χ3n) is 3.77. The molecule has 1 saturated heterocycles. The van der Waals surface area contributed by atoms with E-state index in [1.807, 2.05) is 7.05 Å². The molecule has 22 heavy (non-hydrogen) atoms. The second-order valence-electron chi connectivity index (χ2n) is 5.43. The number of nitrogens with zero attached hydrogens (tertiary/aromatic N) is 3. The summed E-state index contributed by atoms with van der Waals surface area (Å²) in [5.41, 5.74) is 0. The summed E-state index contributed by atoms with van der Waals surface area (Å²) in [5, 5.41) is 8.85. The highest BCUT2D eigenvalue weighted by Crippen LogP contribution is 2.07. The molecule has 0 unspecified atom stereocenters. The summed E-state index contributed by atoms with van der Waals surface area (Å²) in [7, 11) is 4.03. The molecular weight excluding hydrogens is 409 g/mol. The summed E-state index contributed by atoms with van der Waals surface area (Å²) in [5.74, 6) is 0.885. The van der Waals surface area contributed by atoms with Crippen LogP contribution < -0.4 is 10.6 Å². The predicted octanol–water partition coefficient (Wildman–Crippen LogP) is 1.67. The molecule has 0 saturated carbocycles. The van der Waals surface area contributed by atoms with E-state index in [-0.39, 0.29) is 24.0 Å². The molecule has 1 fully saturated rings. The maximum Gasteiger partial charge on any atom is 0.191 e. The molecule has 1 aromatic rings. The van der Waals surface area contributed by atoms with Crippen LogP contribution in [0.4, 0.5) is 0 Å². The summed E-state index contributed by atoms with van der Waals surface area (Å²) in [6.45, 7) is 7.61. The van der Waals surface area contributed by atoms with Crippen LogP contribution in [0.25, 0.3) is 0 Å². The first kappa shape index (κ1) is 19.7. The van der Waals surface area contributed by atoms with E-state index < -0.39 is 0 Å². The summed E-state index contributed by atoms with van der Waals surface area (Å²) in [6.07, 6.45) is 1.27. The highest BCUT2D eigenvalue weighted by Gasteiger charge is 2.11. The van der Waals surface area contributed by atoms with Crippen LogP contribution in [0.15, 0.2) is 22.5 Å². The van der Waals surface area contributed by atoms with Crippen molar-refractivity contribution in [2.24, 2.45) is 4.99 Å². The molecule has 0 aromatic carbocycles. The molecule has 2 N–H and O–H groups in total. The van der Waals surface area contributed by atoms with E-state index >= 15 is 0 Å². The standard InChI is InChI=1S/C15H27N5S.HI/c1-16-15(18-13-14-5-3-12-21-14)17-6-9-20-8-4-7-19(2)10-11-20;/h3,5,12H,4,6-11,13H2,1-2H3,(H2,16,17,18);1H. The summed E-state index contributed by atoms with van der Waals surface area (Å²) in [6, 6.07) is 4.22. The minimum absolute atomic E-state index is 0. The summed E-state index contributed by atoms with van der Waals surface area (Å²) < 4.78 is 0. The van der Waals surface area contributed by atoms with Crippen LogP contribution in [-0.4, -0.2) is 69.1 Å². The minimum Gasteiger partial charge on any atom is -0.355 e. The maximum atomic E-state index is 4.27. The first-order valence-electron chi connectivity index (χ1n) is 7.66. The molecule has 1 aliphatic rings. The molecule has 2 heterocycles. The minimum atomic E-state index is 0. The largest absolute Gasteiger partial charge is 0.355 e. The average Bonchev–Trinajstić information content (AvgIpc) is 2.92. The highest BCUT2D eigenvalue weighted by molar-refractivity contribution is 14.0. The SMILES string of the molecule is CN=C(NCCN1CCCN(C)CC1)NCc1cccs1.I. The topological polar surface area (TPSA) is 42.9 Å². The Hall–Kier alpha value is -0.380. The molecule has 0 amide bonds. The van der Waals surface area contributed by atoms with Crippen molar-refractivity contribution in [2.45, 2.75) is 13.0 Å². The van der Waals surface area contributed by atoms with Gasteiger partial charge < -0.3 is 20.4 Å². The van der Waals surface area contributed by atoms with Crippen molar-refractivity contribution >= 4 is 41.3 Å². The second kappa shape index (κ2) is 11.2. The summed E-state index contributed by atoms with van der Waals surface area (Å²) in [4.78, 5) is 10.5. The quantitative estimate of drug-likeness (QED) is 0.418. The monoisotopic (exact) mass is 437 g/mol. The summed E-state index contributed by atoms with van der Waals surface area (Å²) >= 11 is 1.77. The number of rotatable bonds is 5. The molecule has 0 spiro atoms. The van der Waals surface area contributed by atoms with Gasteiger partial charge in [-0.1, -0.05) is 6.07 Å². The molecule has 0 bridgehead atoms. The molecule has 7 heteroatoms. The van der Waals surface area contributed by atoms with Crippen molar-refractivity contribution < 1.29 is 0 Å². The third-order valence-corrected chi connectivity index (χ3v) is 4.64. The van der Waals surface area contributed by atoms with E-state index in [4.69, 9.17) is 0 Å². The van der Waals surface area contributed by atoms with Gasteiger partial charge in [-0.15, -0.1) is 35.3 Å². The van der Waals surface area contributed by atoms with Crippen molar-refractivity contribution in [2.75, 3.05) is 53.4 Å². The Morgan fingerprint density at radius 3 is 2.86 bits per heavy atom. The molecule has 0 atom stereocenters. The van der Waals surface area contributed by atoms with Gasteiger partial charge in [-0.3, -0.25) is 4.99 Å². The van der Waals surface area contributed by atoms with Crippen molar-refractivity contribution in [1.29, 1.82) is 0 Å². The lowest BCUT2D eigenvalue weighted by Crippen LogP contribution is -2.41. The van der Waals surface area contributed by atoms with Crippen LogP contribution >= 0.6 is 35.3 Å². The number of nitrogens with one attached hydrogen (secondary N) is 2. The first-order chi connectivity index (χ1) is 10.3. The highest BCUT2D eigenvalue weighted by atomic mass is 127. The van der Waals surface area contributed by atoms with Crippen LogP contribution in [-0.2, 0) is 6.54 Å². The Bertz CT molecular complexity index is 424. The Morgan fingerprint density at radius 1 is 1.27 bits per heavy atom. The van der Waals surface area contributed by atoms with Gasteiger partial charge in [0, 0.05) is 38.1 Å². The van der Waals surface area contributed by atoms with Gasteiger partial charge in [0.05, 0.1) is 6.54 Å². The maximum absolute atomic E-state index is 4.27. The number of halogens is 1. The fraction of sp³-hybridized carbons (Fsp3) is 0.667. The Balaban J connectivity index is 0.00000242. The van der Waals surface area contributed by atoms with Crippen LogP contribution in [0.5, 0.6) is 0 Å². The molecule has 0 radical (unpaired) electrons. The van der Waals surface area contributed by atoms with Crippen LogP contribution in [0, 0.1) is 0 Å². The van der Waals surface area contributed by atoms with E-state index in [0.29, 0.717) is 0 Å². The molecule has 2 rings (SSSR count). The molecule has 0 aliphatic carbocycles. The lowest BCUT2D eigenvalue weighted by atomic mass is 10.4. The van der Waals surface area contributed by atoms with Gasteiger partial charge in [0.15, 0.2) is 5.96 Å². The average molecular weight is 437 g/mol. The predicted molar refractivity (Wildman–Crippen MR) is 106 cm³/mol. The zero-order valence-corrected chi connectivity index (χ0v) is 16.7. The first-order valence-corrected chi connectivity index (χ1v) is 8.53. The number of likely N-dealkylation sites (N-methyl/N-ethyl adjacent to an activating group) is 1. The molecular formula is C15H28IN5S. The van der Waals surface area contributed by atoms with E-state index in [1.54, 1.807) is 11.3 Å². The van der Waals surface area contributed by atoms with Crippen LogP contribution in [0.1, 0.15) is 11.3 Å². The van der Waals surface area contributed by atoms with Crippen molar-refractivity contribution in [3.63, 3.8) is 0 Å². The van der Waals surface area contributed by atoms with Gasteiger partial charge in [0.1, 0.15) is 0 Å². The van der Waals surface area contributed by atoms with Gasteiger partial charge >= 0.3 is 0 Å². The Kier molecular flexibility index (Phi) is 10.0. The van der Waals surface area contributed by atoms with Crippen LogP contribution in [0.3, 0.4) is 0 Å². The van der Waals surface area contributed by atoms with Crippen LogP contribution in [0.2, 0.25) is 0 Å². The van der Waals surface area contributed by atoms with E-state index in [9.17, 15) is 0 Å². The number of hydrogen-bond donors (Lipinski definition) is 2. The van der Waals surface area contributed by atoms with E-state index in [2.05, 4.69) is 50.0 Å².